The second-order valence-corrected chi connectivity index (χ2v) is 8.07. The Kier molecular flexibility index (Phi) is 4.60. The van der Waals surface area contributed by atoms with Crippen LogP contribution in [0.3, 0.4) is 0 Å². The first-order valence-electron chi connectivity index (χ1n) is 9.55. The molecule has 0 radical (unpaired) electrons. The number of fused-ring (bicyclic) bond motifs is 1. The Morgan fingerprint density at radius 2 is 2.18 bits per heavy atom. The number of nitrogens with one attached hydrogen (secondary N) is 1. The van der Waals surface area contributed by atoms with Crippen molar-refractivity contribution in [2.45, 2.75) is 45.1 Å². The molecule has 148 valence electrons. The monoisotopic (exact) mass is 384 g/mol. The summed E-state index contributed by atoms with van der Waals surface area (Å²) in [4.78, 5) is 39.5. The normalized spacial score (nSPS) is 26.5. The Morgan fingerprint density at radius 3 is 2.82 bits per heavy atom. The fraction of sp³-hybridized carbons (Fsp3) is 0.579. The van der Waals surface area contributed by atoms with E-state index in [1.807, 2.05) is 18.7 Å². The predicted octanol–water partition coefficient (Wildman–Crippen LogP) is 1.11. The van der Waals surface area contributed by atoms with Gasteiger partial charge in [0.1, 0.15) is 5.69 Å². The molecular weight excluding hydrogens is 360 g/mol. The lowest BCUT2D eigenvalue weighted by Gasteiger charge is -2.26. The fourth-order valence-electron chi connectivity index (χ4n) is 4.52. The van der Waals surface area contributed by atoms with Crippen molar-refractivity contribution in [1.82, 2.24) is 30.3 Å². The van der Waals surface area contributed by atoms with E-state index < -0.39 is 5.41 Å². The highest BCUT2D eigenvalue weighted by Crippen LogP contribution is 2.50. The fourth-order valence-corrected chi connectivity index (χ4v) is 4.52. The molecule has 4 rings (SSSR count). The molecule has 0 aromatic carbocycles. The van der Waals surface area contributed by atoms with Crippen molar-refractivity contribution < 1.29 is 14.1 Å². The van der Waals surface area contributed by atoms with E-state index in [4.69, 9.17) is 4.52 Å². The van der Waals surface area contributed by atoms with Crippen LogP contribution in [0.15, 0.2) is 23.1 Å². The van der Waals surface area contributed by atoms with Crippen LogP contribution in [-0.4, -0.2) is 56.0 Å². The number of likely N-dealkylation sites (tertiary alicyclic amines) is 1. The molecule has 2 aromatic rings. The van der Waals surface area contributed by atoms with E-state index >= 15 is 0 Å². The second kappa shape index (κ2) is 6.96. The molecule has 3 atom stereocenters. The number of aryl methyl sites for hydroxylation is 1. The molecule has 2 fully saturated rings. The molecule has 1 saturated heterocycles. The SMILES string of the molecule is Cc1noc([C@]23C[C@H](NC(=O)c4cnccn4)CC2CN(C(=O)C(C)C)C3)n1. The number of nitrogens with zero attached hydrogens (tertiary/aromatic N) is 5. The van der Waals surface area contributed by atoms with Crippen LogP contribution in [-0.2, 0) is 10.2 Å². The third kappa shape index (κ3) is 3.14. The van der Waals surface area contributed by atoms with Gasteiger partial charge in [-0.15, -0.1) is 0 Å². The third-order valence-electron chi connectivity index (χ3n) is 5.77. The minimum Gasteiger partial charge on any atom is -0.348 e. The van der Waals surface area contributed by atoms with E-state index in [-0.39, 0.29) is 29.7 Å². The molecule has 1 aliphatic heterocycles. The van der Waals surface area contributed by atoms with Gasteiger partial charge in [0.05, 0.1) is 11.6 Å². The number of carbonyl (C=O) groups excluding carboxylic acids is 2. The van der Waals surface area contributed by atoms with Gasteiger partial charge >= 0.3 is 0 Å². The first kappa shape index (κ1) is 18.5. The summed E-state index contributed by atoms with van der Waals surface area (Å²) in [5.74, 6) is 1.11. The Hall–Kier alpha value is -2.84. The zero-order chi connectivity index (χ0) is 19.9. The van der Waals surface area contributed by atoms with Crippen LogP contribution in [0.2, 0.25) is 0 Å². The molecule has 0 bridgehead atoms. The smallest absolute Gasteiger partial charge is 0.271 e. The highest BCUT2D eigenvalue weighted by atomic mass is 16.5. The molecular formula is C19H24N6O3. The van der Waals surface area contributed by atoms with E-state index in [1.54, 1.807) is 6.92 Å². The maximum absolute atomic E-state index is 12.6. The highest BCUT2D eigenvalue weighted by molar-refractivity contribution is 5.92. The minimum atomic E-state index is -0.424. The van der Waals surface area contributed by atoms with Crippen molar-refractivity contribution in [1.29, 1.82) is 0 Å². The summed E-state index contributed by atoms with van der Waals surface area (Å²) >= 11 is 0. The summed E-state index contributed by atoms with van der Waals surface area (Å²) in [5.41, 5.74) is -0.134. The van der Waals surface area contributed by atoms with Gasteiger partial charge in [-0.2, -0.15) is 4.98 Å². The standard InChI is InChI=1S/C19H24N6O3/c1-11(2)17(27)25-9-13-6-14(23-16(26)15-8-20-4-5-21-15)7-19(13,10-25)18-22-12(3)24-28-18/h4-5,8,11,13-14H,6-7,9-10H2,1-3H3,(H,23,26)/t13?,14-,19+/m1/s1. The summed E-state index contributed by atoms with van der Waals surface area (Å²) < 4.78 is 5.55. The van der Waals surface area contributed by atoms with E-state index in [1.165, 1.54) is 18.6 Å². The predicted molar refractivity (Wildman–Crippen MR) is 98.1 cm³/mol. The first-order chi connectivity index (χ1) is 13.4. The van der Waals surface area contributed by atoms with Crippen LogP contribution in [0.1, 0.15) is 48.9 Å². The molecule has 1 N–H and O–H groups in total. The molecule has 9 nitrogen and oxygen atoms in total. The molecule has 1 unspecified atom stereocenters. The van der Waals surface area contributed by atoms with Crippen LogP contribution in [0.25, 0.3) is 0 Å². The second-order valence-electron chi connectivity index (χ2n) is 8.07. The molecule has 28 heavy (non-hydrogen) atoms. The van der Waals surface area contributed by atoms with Gasteiger partial charge in [-0.25, -0.2) is 4.98 Å². The van der Waals surface area contributed by atoms with Crippen molar-refractivity contribution in [3.63, 3.8) is 0 Å². The van der Waals surface area contributed by atoms with Crippen molar-refractivity contribution in [2.24, 2.45) is 11.8 Å². The number of rotatable bonds is 4. The summed E-state index contributed by atoms with van der Waals surface area (Å²) in [6.45, 7) is 6.77. The Bertz CT molecular complexity index is 883. The van der Waals surface area contributed by atoms with Gasteiger partial charge < -0.3 is 14.7 Å². The molecule has 1 aliphatic carbocycles. The highest BCUT2D eigenvalue weighted by Gasteiger charge is 2.58. The van der Waals surface area contributed by atoms with Crippen LogP contribution >= 0.6 is 0 Å². The number of hydrogen-bond acceptors (Lipinski definition) is 7. The third-order valence-corrected chi connectivity index (χ3v) is 5.77. The van der Waals surface area contributed by atoms with Crippen molar-refractivity contribution in [3.8, 4) is 0 Å². The summed E-state index contributed by atoms with van der Waals surface area (Å²) in [6.07, 6.45) is 5.87. The summed E-state index contributed by atoms with van der Waals surface area (Å²) in [7, 11) is 0. The van der Waals surface area contributed by atoms with Gasteiger partial charge in [-0.1, -0.05) is 19.0 Å². The minimum absolute atomic E-state index is 0.0528. The maximum Gasteiger partial charge on any atom is 0.271 e. The lowest BCUT2D eigenvalue weighted by Crippen LogP contribution is -2.40. The maximum atomic E-state index is 12.6. The van der Waals surface area contributed by atoms with E-state index in [2.05, 4.69) is 25.4 Å². The quantitative estimate of drug-likeness (QED) is 0.840. The largest absolute Gasteiger partial charge is 0.348 e. The van der Waals surface area contributed by atoms with Crippen LogP contribution < -0.4 is 5.32 Å². The summed E-state index contributed by atoms with van der Waals surface area (Å²) in [6, 6.07) is -0.0528. The van der Waals surface area contributed by atoms with Crippen LogP contribution in [0, 0.1) is 18.8 Å². The van der Waals surface area contributed by atoms with Crippen molar-refractivity contribution in [3.05, 3.63) is 36.0 Å². The van der Waals surface area contributed by atoms with Crippen molar-refractivity contribution >= 4 is 11.8 Å². The zero-order valence-corrected chi connectivity index (χ0v) is 16.3. The molecule has 3 heterocycles. The average molecular weight is 384 g/mol. The number of hydrogen-bond donors (Lipinski definition) is 1. The molecule has 2 amide bonds. The van der Waals surface area contributed by atoms with Crippen LogP contribution in [0.4, 0.5) is 0 Å². The number of aromatic nitrogens is 4. The van der Waals surface area contributed by atoms with Gasteiger partial charge in [0, 0.05) is 37.4 Å². The van der Waals surface area contributed by atoms with E-state index in [9.17, 15) is 9.59 Å². The molecule has 9 heteroatoms. The average Bonchev–Trinajstić information content (AvgIpc) is 3.34. The Balaban J connectivity index is 1.56. The molecule has 2 aliphatic rings. The summed E-state index contributed by atoms with van der Waals surface area (Å²) in [5, 5.41) is 7.02. The van der Waals surface area contributed by atoms with Crippen LogP contribution in [0.5, 0.6) is 0 Å². The van der Waals surface area contributed by atoms with Crippen molar-refractivity contribution in [2.75, 3.05) is 13.1 Å². The van der Waals surface area contributed by atoms with Gasteiger partial charge in [0.15, 0.2) is 5.82 Å². The lowest BCUT2D eigenvalue weighted by molar-refractivity contribution is -0.133. The van der Waals surface area contributed by atoms with E-state index in [0.717, 1.165) is 6.42 Å². The van der Waals surface area contributed by atoms with Gasteiger partial charge in [0.25, 0.3) is 5.91 Å². The molecule has 0 spiro atoms. The number of amides is 2. The number of carbonyl (C=O) groups is 2. The molecule has 2 aromatic heterocycles. The van der Waals surface area contributed by atoms with E-state index in [0.29, 0.717) is 36.9 Å². The lowest BCUT2D eigenvalue weighted by atomic mass is 9.80. The Morgan fingerprint density at radius 1 is 1.36 bits per heavy atom. The molecule has 1 saturated carbocycles. The first-order valence-corrected chi connectivity index (χ1v) is 9.55. The van der Waals surface area contributed by atoms with Gasteiger partial charge in [-0.3, -0.25) is 14.6 Å². The Labute approximate surface area is 162 Å². The zero-order valence-electron chi connectivity index (χ0n) is 16.3. The topological polar surface area (TPSA) is 114 Å². The van der Waals surface area contributed by atoms with Gasteiger partial charge in [-0.05, 0) is 25.7 Å². The van der Waals surface area contributed by atoms with Gasteiger partial charge in [0.2, 0.25) is 11.8 Å².